The Morgan fingerprint density at radius 2 is 2.07 bits per heavy atom. The molecule has 1 heterocycles. The summed E-state index contributed by atoms with van der Waals surface area (Å²) in [6.45, 7) is 2.22. The van der Waals surface area contributed by atoms with Crippen LogP contribution in [0.1, 0.15) is 43.0 Å². The van der Waals surface area contributed by atoms with Crippen molar-refractivity contribution in [3.63, 3.8) is 0 Å². The van der Waals surface area contributed by atoms with Crippen molar-refractivity contribution < 1.29 is 4.79 Å². The summed E-state index contributed by atoms with van der Waals surface area (Å²) < 4.78 is 0. The quantitative estimate of drug-likeness (QED) is 0.695. The van der Waals surface area contributed by atoms with Gasteiger partial charge in [-0.05, 0) is 18.8 Å². The summed E-state index contributed by atoms with van der Waals surface area (Å²) in [5.74, 6) is 1.10. The Hall–Kier alpha value is -1.25. The molecule has 0 amide bonds. The molecule has 0 bridgehead atoms. The third-order valence-corrected chi connectivity index (χ3v) is 3.15. The summed E-state index contributed by atoms with van der Waals surface area (Å²) in [6, 6.07) is 0. The first-order valence-corrected chi connectivity index (χ1v) is 5.56. The molecule has 2 atom stereocenters. The predicted molar refractivity (Wildman–Crippen MR) is 57.5 cm³/mol. The molecule has 0 saturated heterocycles. The van der Waals surface area contributed by atoms with Crippen molar-refractivity contribution in [1.29, 1.82) is 0 Å². The van der Waals surface area contributed by atoms with E-state index in [-0.39, 0.29) is 11.7 Å². The van der Waals surface area contributed by atoms with Crippen LogP contribution in [-0.4, -0.2) is 15.8 Å². The van der Waals surface area contributed by atoms with Gasteiger partial charge < -0.3 is 0 Å². The molecule has 0 aromatic carbocycles. The molecule has 0 spiro atoms. The number of rotatable bonds is 2. The van der Waals surface area contributed by atoms with Gasteiger partial charge in [-0.3, -0.25) is 4.79 Å². The molecule has 3 heteroatoms. The van der Waals surface area contributed by atoms with Crippen LogP contribution in [0.2, 0.25) is 0 Å². The lowest BCUT2D eigenvalue weighted by Crippen LogP contribution is -2.22. The minimum absolute atomic E-state index is 0.194. The van der Waals surface area contributed by atoms with Crippen LogP contribution in [0.4, 0.5) is 0 Å². The lowest BCUT2D eigenvalue weighted by Gasteiger charge is -2.25. The zero-order chi connectivity index (χ0) is 10.7. The first-order valence-electron chi connectivity index (χ1n) is 5.56. The van der Waals surface area contributed by atoms with Gasteiger partial charge in [-0.1, -0.05) is 19.8 Å². The van der Waals surface area contributed by atoms with E-state index in [2.05, 4.69) is 16.9 Å². The molecule has 2 unspecified atom stereocenters. The van der Waals surface area contributed by atoms with Gasteiger partial charge in [0.15, 0.2) is 5.78 Å². The predicted octanol–water partition coefficient (Wildman–Crippen LogP) is 2.49. The average Bonchev–Trinajstić information content (AvgIpc) is 2.29. The largest absolute Gasteiger partial charge is 0.294 e. The summed E-state index contributed by atoms with van der Waals surface area (Å²) >= 11 is 0. The van der Waals surface area contributed by atoms with E-state index < -0.39 is 0 Å². The van der Waals surface area contributed by atoms with Crippen molar-refractivity contribution in [2.45, 2.75) is 32.6 Å². The van der Waals surface area contributed by atoms with E-state index >= 15 is 0 Å². The van der Waals surface area contributed by atoms with E-state index in [1.165, 1.54) is 19.2 Å². The Balaban J connectivity index is 2.08. The van der Waals surface area contributed by atoms with Crippen molar-refractivity contribution in [2.75, 3.05) is 0 Å². The van der Waals surface area contributed by atoms with E-state index in [9.17, 15) is 4.79 Å². The zero-order valence-electron chi connectivity index (χ0n) is 9.02. The van der Waals surface area contributed by atoms with Crippen LogP contribution in [0.25, 0.3) is 0 Å². The second-order valence-corrected chi connectivity index (χ2v) is 4.46. The minimum atomic E-state index is 0.194. The van der Waals surface area contributed by atoms with Gasteiger partial charge in [0.2, 0.25) is 0 Å². The van der Waals surface area contributed by atoms with Gasteiger partial charge in [-0.25, -0.2) is 9.97 Å². The number of Topliss-reactive ketones (excluding diaryl/α,β-unsaturated/α-hetero) is 1. The van der Waals surface area contributed by atoms with Crippen LogP contribution in [-0.2, 0) is 0 Å². The summed E-state index contributed by atoms with van der Waals surface area (Å²) in [7, 11) is 0. The molecule has 3 nitrogen and oxygen atoms in total. The number of aromatic nitrogens is 2. The van der Waals surface area contributed by atoms with Gasteiger partial charge in [0.05, 0.1) is 5.56 Å². The molecule has 0 aliphatic heterocycles. The Bertz CT molecular complexity index is 337. The van der Waals surface area contributed by atoms with Crippen LogP contribution in [0.3, 0.4) is 0 Å². The SMILES string of the molecule is CC1CCCC(C(=O)c2cncnc2)C1. The molecule has 1 aliphatic rings. The topological polar surface area (TPSA) is 42.9 Å². The Kier molecular flexibility index (Phi) is 3.09. The molecule has 1 aromatic rings. The van der Waals surface area contributed by atoms with E-state index in [1.807, 2.05) is 0 Å². The maximum Gasteiger partial charge on any atom is 0.169 e. The number of carbonyl (C=O) groups excluding carboxylic acids is 1. The van der Waals surface area contributed by atoms with E-state index in [1.54, 1.807) is 12.4 Å². The maximum atomic E-state index is 12.1. The van der Waals surface area contributed by atoms with Crippen LogP contribution >= 0.6 is 0 Å². The highest BCUT2D eigenvalue weighted by Crippen LogP contribution is 2.30. The van der Waals surface area contributed by atoms with E-state index in [4.69, 9.17) is 0 Å². The molecule has 1 fully saturated rings. The van der Waals surface area contributed by atoms with Gasteiger partial charge >= 0.3 is 0 Å². The standard InChI is InChI=1S/C12H16N2O/c1-9-3-2-4-10(5-9)12(15)11-6-13-8-14-7-11/h6-10H,2-5H2,1H3. The van der Waals surface area contributed by atoms with Crippen molar-refractivity contribution in [3.05, 3.63) is 24.3 Å². The highest BCUT2D eigenvalue weighted by atomic mass is 16.1. The summed E-state index contributed by atoms with van der Waals surface area (Å²) in [5.41, 5.74) is 0.664. The molecule has 0 radical (unpaired) electrons. The fourth-order valence-electron chi connectivity index (χ4n) is 2.33. The van der Waals surface area contributed by atoms with E-state index in [0.717, 1.165) is 12.8 Å². The van der Waals surface area contributed by atoms with Gasteiger partial charge in [-0.2, -0.15) is 0 Å². The highest BCUT2D eigenvalue weighted by Gasteiger charge is 2.25. The molecule has 0 N–H and O–H groups in total. The van der Waals surface area contributed by atoms with Crippen molar-refractivity contribution >= 4 is 5.78 Å². The summed E-state index contributed by atoms with van der Waals surface area (Å²) in [6.07, 6.45) is 9.18. The van der Waals surface area contributed by atoms with Gasteiger partial charge in [0.25, 0.3) is 0 Å². The normalized spacial score (nSPS) is 26.2. The molecular weight excluding hydrogens is 188 g/mol. The Morgan fingerprint density at radius 3 is 2.73 bits per heavy atom. The Morgan fingerprint density at radius 1 is 1.33 bits per heavy atom. The summed E-state index contributed by atoms with van der Waals surface area (Å²) in [4.78, 5) is 19.8. The first-order chi connectivity index (χ1) is 7.27. The number of carbonyl (C=O) groups is 1. The lowest BCUT2D eigenvalue weighted by atomic mass is 9.79. The summed E-state index contributed by atoms with van der Waals surface area (Å²) in [5, 5.41) is 0. The fraction of sp³-hybridized carbons (Fsp3) is 0.583. The van der Waals surface area contributed by atoms with Gasteiger partial charge in [-0.15, -0.1) is 0 Å². The monoisotopic (exact) mass is 204 g/mol. The third-order valence-electron chi connectivity index (χ3n) is 3.15. The molecule has 2 rings (SSSR count). The minimum Gasteiger partial charge on any atom is -0.294 e. The molecule has 80 valence electrons. The third kappa shape index (κ3) is 2.41. The van der Waals surface area contributed by atoms with Gasteiger partial charge in [0.1, 0.15) is 6.33 Å². The number of hydrogen-bond donors (Lipinski definition) is 0. The zero-order valence-corrected chi connectivity index (χ0v) is 9.02. The highest BCUT2D eigenvalue weighted by molar-refractivity contribution is 5.97. The second-order valence-electron chi connectivity index (χ2n) is 4.46. The van der Waals surface area contributed by atoms with Crippen LogP contribution in [0.15, 0.2) is 18.7 Å². The number of hydrogen-bond acceptors (Lipinski definition) is 3. The average molecular weight is 204 g/mol. The smallest absolute Gasteiger partial charge is 0.169 e. The van der Waals surface area contributed by atoms with Crippen LogP contribution in [0, 0.1) is 11.8 Å². The maximum absolute atomic E-state index is 12.1. The lowest BCUT2D eigenvalue weighted by molar-refractivity contribution is 0.0867. The molecular formula is C12H16N2O. The molecule has 15 heavy (non-hydrogen) atoms. The second kappa shape index (κ2) is 4.51. The van der Waals surface area contributed by atoms with Crippen LogP contribution in [0.5, 0.6) is 0 Å². The van der Waals surface area contributed by atoms with Crippen LogP contribution < -0.4 is 0 Å². The first kappa shape index (κ1) is 10.3. The van der Waals surface area contributed by atoms with Crippen molar-refractivity contribution in [2.24, 2.45) is 11.8 Å². The van der Waals surface area contributed by atoms with E-state index in [0.29, 0.717) is 11.5 Å². The molecule has 1 saturated carbocycles. The number of nitrogens with zero attached hydrogens (tertiary/aromatic N) is 2. The molecule has 1 aromatic heterocycles. The fourth-order valence-corrected chi connectivity index (χ4v) is 2.33. The van der Waals surface area contributed by atoms with Crippen molar-refractivity contribution in [3.8, 4) is 0 Å². The number of ketones is 1. The van der Waals surface area contributed by atoms with Gasteiger partial charge in [0, 0.05) is 18.3 Å². The van der Waals surface area contributed by atoms with Crippen molar-refractivity contribution in [1.82, 2.24) is 9.97 Å². The molecule has 1 aliphatic carbocycles. The Labute approximate surface area is 89.9 Å².